The molecule has 0 spiro atoms. The molecular weight excluding hydrogens is 212 g/mol. The molecule has 0 amide bonds. The molecular formula is C10H10N2O2S. The highest BCUT2D eigenvalue weighted by Gasteiger charge is 2.16. The number of nitrogens with zero attached hydrogens (tertiary/aromatic N) is 2. The molecule has 78 valence electrons. The molecule has 1 heterocycles. The van der Waals surface area contributed by atoms with E-state index in [4.69, 9.17) is 4.74 Å². The number of aliphatic hydroxyl groups is 1. The fourth-order valence-corrected chi connectivity index (χ4v) is 1.82. The molecule has 0 bridgehead atoms. The second-order valence-corrected chi connectivity index (χ2v) is 3.58. The summed E-state index contributed by atoms with van der Waals surface area (Å²) in [5.74, 6) is 0.651. The maximum absolute atomic E-state index is 10.0. The van der Waals surface area contributed by atoms with Crippen molar-refractivity contribution in [2.45, 2.75) is 6.10 Å². The van der Waals surface area contributed by atoms with Crippen LogP contribution in [0.4, 0.5) is 0 Å². The molecule has 1 atom stereocenters. The van der Waals surface area contributed by atoms with Crippen LogP contribution in [0, 0.1) is 0 Å². The van der Waals surface area contributed by atoms with Crippen molar-refractivity contribution < 1.29 is 9.84 Å². The average Bonchev–Trinajstić information content (AvgIpc) is 2.81. The van der Waals surface area contributed by atoms with E-state index in [1.54, 1.807) is 18.6 Å². The van der Waals surface area contributed by atoms with Crippen molar-refractivity contribution in [3.05, 3.63) is 40.9 Å². The lowest BCUT2D eigenvalue weighted by Crippen LogP contribution is -2.02. The van der Waals surface area contributed by atoms with E-state index in [0.717, 1.165) is 0 Å². The SMILES string of the molecule is COc1ccccc1C(O)c1csnn1. The van der Waals surface area contributed by atoms with Gasteiger partial charge in [0.2, 0.25) is 0 Å². The predicted octanol–water partition coefficient (Wildman–Crippen LogP) is 1.63. The number of hydrogen-bond donors (Lipinski definition) is 1. The molecule has 1 aromatic heterocycles. The van der Waals surface area contributed by atoms with Crippen LogP contribution in [0.5, 0.6) is 5.75 Å². The smallest absolute Gasteiger partial charge is 0.127 e. The van der Waals surface area contributed by atoms with Crippen molar-refractivity contribution >= 4 is 11.5 Å². The van der Waals surface area contributed by atoms with E-state index in [1.807, 2.05) is 18.2 Å². The van der Waals surface area contributed by atoms with Crippen molar-refractivity contribution in [3.63, 3.8) is 0 Å². The number of hydrogen-bond acceptors (Lipinski definition) is 5. The van der Waals surface area contributed by atoms with Crippen LogP contribution in [0.2, 0.25) is 0 Å². The van der Waals surface area contributed by atoms with Crippen molar-refractivity contribution in [1.82, 2.24) is 9.59 Å². The van der Waals surface area contributed by atoms with Crippen LogP contribution in [0.1, 0.15) is 17.4 Å². The van der Waals surface area contributed by atoms with Crippen molar-refractivity contribution in [3.8, 4) is 5.75 Å². The summed E-state index contributed by atoms with van der Waals surface area (Å²) < 4.78 is 8.87. The number of aromatic nitrogens is 2. The summed E-state index contributed by atoms with van der Waals surface area (Å²) in [7, 11) is 1.57. The minimum absolute atomic E-state index is 0.546. The Balaban J connectivity index is 2.37. The lowest BCUT2D eigenvalue weighted by molar-refractivity contribution is 0.210. The monoisotopic (exact) mass is 222 g/mol. The zero-order valence-electron chi connectivity index (χ0n) is 8.12. The molecule has 0 radical (unpaired) electrons. The highest BCUT2D eigenvalue weighted by Crippen LogP contribution is 2.28. The van der Waals surface area contributed by atoms with Crippen molar-refractivity contribution in [2.24, 2.45) is 0 Å². The minimum Gasteiger partial charge on any atom is -0.496 e. The Bertz CT molecular complexity index is 431. The Morgan fingerprint density at radius 2 is 2.20 bits per heavy atom. The first-order valence-electron chi connectivity index (χ1n) is 4.41. The van der Waals surface area contributed by atoms with E-state index in [-0.39, 0.29) is 0 Å². The van der Waals surface area contributed by atoms with Gasteiger partial charge < -0.3 is 9.84 Å². The molecule has 0 saturated carbocycles. The largest absolute Gasteiger partial charge is 0.496 e. The second-order valence-electron chi connectivity index (χ2n) is 2.97. The second kappa shape index (κ2) is 4.37. The molecule has 0 aliphatic carbocycles. The van der Waals surface area contributed by atoms with E-state index >= 15 is 0 Å². The summed E-state index contributed by atoms with van der Waals surface area (Å²) in [4.78, 5) is 0. The standard InChI is InChI=1S/C10H10N2O2S/c1-14-9-5-3-2-4-7(9)10(13)8-6-15-12-11-8/h2-6,10,13H,1H3. The fourth-order valence-electron chi connectivity index (χ4n) is 1.34. The van der Waals surface area contributed by atoms with Crippen LogP contribution in [0.25, 0.3) is 0 Å². The quantitative estimate of drug-likeness (QED) is 0.857. The van der Waals surface area contributed by atoms with Gasteiger partial charge >= 0.3 is 0 Å². The number of aliphatic hydroxyl groups excluding tert-OH is 1. The molecule has 0 saturated heterocycles. The Labute approximate surface area is 91.3 Å². The third kappa shape index (κ3) is 1.98. The summed E-state index contributed by atoms with van der Waals surface area (Å²) in [6, 6.07) is 7.32. The highest BCUT2D eigenvalue weighted by atomic mass is 32.1. The first-order chi connectivity index (χ1) is 7.33. The normalized spacial score (nSPS) is 12.4. The molecule has 0 fully saturated rings. The first kappa shape index (κ1) is 10.1. The van der Waals surface area contributed by atoms with Gasteiger partial charge in [0.1, 0.15) is 17.5 Å². The maximum atomic E-state index is 10.0. The van der Waals surface area contributed by atoms with Crippen LogP contribution in [0.15, 0.2) is 29.6 Å². The summed E-state index contributed by atoms with van der Waals surface area (Å²) >= 11 is 1.21. The molecule has 1 unspecified atom stereocenters. The van der Waals surface area contributed by atoms with Crippen molar-refractivity contribution in [1.29, 1.82) is 0 Å². The van der Waals surface area contributed by atoms with E-state index in [0.29, 0.717) is 17.0 Å². The van der Waals surface area contributed by atoms with Crippen molar-refractivity contribution in [2.75, 3.05) is 7.11 Å². The van der Waals surface area contributed by atoms with Gasteiger partial charge in [-0.2, -0.15) is 0 Å². The van der Waals surface area contributed by atoms with Gasteiger partial charge in [-0.05, 0) is 17.6 Å². The number of para-hydroxylation sites is 1. The summed E-state index contributed by atoms with van der Waals surface area (Å²) in [5.41, 5.74) is 1.25. The van der Waals surface area contributed by atoms with Gasteiger partial charge in [0.25, 0.3) is 0 Å². The van der Waals surface area contributed by atoms with Gasteiger partial charge in [-0.25, -0.2) is 0 Å². The lowest BCUT2D eigenvalue weighted by atomic mass is 10.1. The number of benzene rings is 1. The van der Waals surface area contributed by atoms with Crippen LogP contribution in [-0.2, 0) is 0 Å². The van der Waals surface area contributed by atoms with Gasteiger partial charge in [-0.15, -0.1) is 5.10 Å². The minimum atomic E-state index is -0.778. The highest BCUT2D eigenvalue weighted by molar-refractivity contribution is 7.03. The fraction of sp³-hybridized carbons (Fsp3) is 0.200. The molecule has 5 heteroatoms. The van der Waals surface area contributed by atoms with Crippen LogP contribution >= 0.6 is 11.5 Å². The topological polar surface area (TPSA) is 55.2 Å². The van der Waals surface area contributed by atoms with Gasteiger partial charge in [0.05, 0.1) is 7.11 Å². The third-order valence-corrected chi connectivity index (χ3v) is 2.61. The molecule has 1 N–H and O–H groups in total. The zero-order valence-corrected chi connectivity index (χ0v) is 8.94. The van der Waals surface area contributed by atoms with Crippen LogP contribution in [0.3, 0.4) is 0 Å². The summed E-state index contributed by atoms with van der Waals surface area (Å²) in [5, 5.41) is 15.6. The number of methoxy groups -OCH3 is 1. The Morgan fingerprint density at radius 3 is 2.87 bits per heavy atom. The van der Waals surface area contributed by atoms with E-state index < -0.39 is 6.10 Å². The Morgan fingerprint density at radius 1 is 1.40 bits per heavy atom. The van der Waals surface area contributed by atoms with Gasteiger partial charge in [-0.1, -0.05) is 22.7 Å². The van der Waals surface area contributed by atoms with Gasteiger partial charge in [0.15, 0.2) is 0 Å². The van der Waals surface area contributed by atoms with E-state index in [1.165, 1.54) is 11.5 Å². The first-order valence-corrected chi connectivity index (χ1v) is 5.24. The predicted molar refractivity (Wildman–Crippen MR) is 57.0 cm³/mol. The third-order valence-electron chi connectivity index (χ3n) is 2.09. The number of rotatable bonds is 3. The molecule has 0 aliphatic rings. The van der Waals surface area contributed by atoms with Gasteiger partial charge in [0, 0.05) is 10.9 Å². The molecule has 4 nitrogen and oxygen atoms in total. The average molecular weight is 222 g/mol. The Kier molecular flexibility index (Phi) is 2.94. The molecule has 2 aromatic rings. The molecule has 15 heavy (non-hydrogen) atoms. The van der Waals surface area contributed by atoms with Crippen LogP contribution < -0.4 is 4.74 Å². The maximum Gasteiger partial charge on any atom is 0.127 e. The lowest BCUT2D eigenvalue weighted by Gasteiger charge is -2.11. The Hall–Kier alpha value is -1.46. The number of ether oxygens (including phenoxy) is 1. The zero-order chi connectivity index (χ0) is 10.7. The van der Waals surface area contributed by atoms with E-state index in [2.05, 4.69) is 9.59 Å². The van der Waals surface area contributed by atoms with E-state index in [9.17, 15) is 5.11 Å². The molecule has 2 rings (SSSR count). The summed E-state index contributed by atoms with van der Waals surface area (Å²) in [6.45, 7) is 0. The molecule has 1 aromatic carbocycles. The van der Waals surface area contributed by atoms with Gasteiger partial charge in [-0.3, -0.25) is 0 Å². The molecule has 0 aliphatic heterocycles. The summed E-state index contributed by atoms with van der Waals surface area (Å²) in [6.07, 6.45) is -0.778. The van der Waals surface area contributed by atoms with Crippen LogP contribution in [-0.4, -0.2) is 21.8 Å².